The minimum absolute atomic E-state index is 0.0719. The van der Waals surface area contributed by atoms with Gasteiger partial charge in [-0.2, -0.15) is 13.2 Å². The molecule has 118 valence electrons. The monoisotopic (exact) mass is 319 g/mol. The molecule has 1 aromatic carbocycles. The van der Waals surface area contributed by atoms with Gasteiger partial charge >= 0.3 is 12.1 Å². The van der Waals surface area contributed by atoms with Crippen molar-refractivity contribution in [2.75, 3.05) is 13.2 Å². The molecule has 0 atom stereocenters. The summed E-state index contributed by atoms with van der Waals surface area (Å²) >= 11 is 0. The van der Waals surface area contributed by atoms with Crippen LogP contribution in [0.2, 0.25) is 19.6 Å². The normalized spacial score (nSPS) is 12.3. The Kier molecular flexibility index (Phi) is 5.97. The van der Waals surface area contributed by atoms with Gasteiger partial charge in [-0.1, -0.05) is 30.3 Å². The Morgan fingerprint density at radius 1 is 1.19 bits per heavy atom. The van der Waals surface area contributed by atoms with Gasteiger partial charge in [0.2, 0.25) is 0 Å². The third kappa shape index (κ3) is 6.77. The van der Waals surface area contributed by atoms with Crippen molar-refractivity contribution < 1.29 is 22.4 Å². The molecule has 21 heavy (non-hydrogen) atoms. The summed E-state index contributed by atoms with van der Waals surface area (Å²) in [5.41, 5.74) is 0.656. The summed E-state index contributed by atoms with van der Waals surface area (Å²) in [5.74, 6) is -1.83. The van der Waals surface area contributed by atoms with E-state index in [1.54, 1.807) is 30.3 Å². The molecular weight excluding hydrogens is 299 g/mol. The molecule has 0 heterocycles. The fraction of sp³-hybridized carbons (Fsp3) is 0.500. The van der Waals surface area contributed by atoms with Crippen LogP contribution in [-0.2, 0) is 15.8 Å². The quantitative estimate of drug-likeness (QED) is 0.752. The van der Waals surface area contributed by atoms with E-state index >= 15 is 0 Å². The first-order valence-corrected chi connectivity index (χ1v) is 10.0. The summed E-state index contributed by atoms with van der Waals surface area (Å²) in [6, 6.07) is 8.61. The number of hydrogen-bond donors (Lipinski definition) is 0. The van der Waals surface area contributed by atoms with Crippen molar-refractivity contribution in [1.29, 1.82) is 0 Å². The van der Waals surface area contributed by atoms with Crippen molar-refractivity contribution in [1.82, 2.24) is 4.90 Å². The smallest absolute Gasteiger partial charge is 0.416 e. The third-order valence-corrected chi connectivity index (χ3v) is 3.71. The van der Waals surface area contributed by atoms with Crippen LogP contribution in [0.5, 0.6) is 0 Å². The summed E-state index contributed by atoms with van der Waals surface area (Å²) in [7, 11) is -1.82. The summed E-state index contributed by atoms with van der Waals surface area (Å²) in [6.45, 7) is 5.80. The zero-order valence-electron chi connectivity index (χ0n) is 12.4. The highest BCUT2D eigenvalue weighted by Crippen LogP contribution is 2.20. The van der Waals surface area contributed by atoms with Gasteiger partial charge in [0.25, 0.3) is 0 Å². The van der Waals surface area contributed by atoms with Gasteiger partial charge in [0.15, 0.2) is 8.32 Å². The fourth-order valence-electron chi connectivity index (χ4n) is 1.70. The number of rotatable bonds is 6. The summed E-state index contributed by atoms with van der Waals surface area (Å²) in [4.78, 5) is 12.3. The standard InChI is InChI=1S/C14H20F3NO2Si/c1-21(2,3)20-10-9-18(13(19)14(15,16)17)11-12-7-5-4-6-8-12/h4-8H,9-11H2,1-3H3. The zero-order valence-corrected chi connectivity index (χ0v) is 13.4. The van der Waals surface area contributed by atoms with Crippen molar-refractivity contribution in [3.63, 3.8) is 0 Å². The van der Waals surface area contributed by atoms with Crippen LogP contribution in [-0.4, -0.2) is 38.5 Å². The lowest BCUT2D eigenvalue weighted by atomic mass is 10.2. The van der Waals surface area contributed by atoms with Crippen molar-refractivity contribution in [3.8, 4) is 0 Å². The van der Waals surface area contributed by atoms with Crippen LogP contribution in [0.15, 0.2) is 30.3 Å². The molecule has 0 fully saturated rings. The second-order valence-electron chi connectivity index (χ2n) is 5.67. The molecule has 0 unspecified atom stereocenters. The molecule has 0 saturated heterocycles. The minimum Gasteiger partial charge on any atom is -0.416 e. The van der Waals surface area contributed by atoms with E-state index in [2.05, 4.69) is 0 Å². The number of hydrogen-bond acceptors (Lipinski definition) is 2. The number of alkyl halides is 3. The fourth-order valence-corrected chi connectivity index (χ4v) is 2.40. The third-order valence-electron chi connectivity index (χ3n) is 2.64. The molecule has 0 N–H and O–H groups in total. The Morgan fingerprint density at radius 2 is 1.76 bits per heavy atom. The maximum absolute atomic E-state index is 12.6. The first-order valence-electron chi connectivity index (χ1n) is 6.63. The molecule has 0 aliphatic rings. The molecule has 0 bridgehead atoms. The van der Waals surface area contributed by atoms with Gasteiger partial charge in [0.1, 0.15) is 0 Å². The molecule has 3 nitrogen and oxygen atoms in total. The average molecular weight is 319 g/mol. The van der Waals surface area contributed by atoms with Crippen LogP contribution < -0.4 is 0 Å². The second-order valence-corrected chi connectivity index (χ2v) is 10.2. The van der Waals surface area contributed by atoms with Gasteiger partial charge in [-0.25, -0.2) is 0 Å². The predicted molar refractivity (Wildman–Crippen MR) is 77.2 cm³/mol. The van der Waals surface area contributed by atoms with Crippen LogP contribution in [0.3, 0.4) is 0 Å². The molecule has 1 aromatic rings. The summed E-state index contributed by atoms with van der Waals surface area (Å²) in [5, 5.41) is 0. The Labute approximate surface area is 123 Å². The highest BCUT2D eigenvalue weighted by atomic mass is 28.4. The topological polar surface area (TPSA) is 29.5 Å². The Hall–Kier alpha value is -1.34. The van der Waals surface area contributed by atoms with E-state index in [1.165, 1.54) is 0 Å². The van der Waals surface area contributed by atoms with Gasteiger partial charge in [-0.3, -0.25) is 4.79 Å². The molecule has 1 amide bonds. The largest absolute Gasteiger partial charge is 0.471 e. The highest BCUT2D eigenvalue weighted by molar-refractivity contribution is 6.69. The van der Waals surface area contributed by atoms with Gasteiger partial charge in [0, 0.05) is 13.1 Å². The first-order chi connectivity index (χ1) is 9.59. The second kappa shape index (κ2) is 7.08. The molecular formula is C14H20F3NO2Si. The number of carbonyl (C=O) groups excluding carboxylic acids is 1. The Bertz CT molecular complexity index is 458. The van der Waals surface area contributed by atoms with Crippen LogP contribution in [0, 0.1) is 0 Å². The van der Waals surface area contributed by atoms with E-state index in [-0.39, 0.29) is 19.7 Å². The molecule has 0 saturated carbocycles. The number of carbonyl (C=O) groups is 1. The summed E-state index contributed by atoms with van der Waals surface area (Å²) < 4.78 is 43.5. The molecule has 0 spiro atoms. The maximum atomic E-state index is 12.6. The lowest BCUT2D eigenvalue weighted by Crippen LogP contribution is -2.43. The first kappa shape index (κ1) is 17.7. The lowest BCUT2D eigenvalue weighted by molar-refractivity contribution is -0.186. The molecule has 7 heteroatoms. The number of amides is 1. The zero-order chi connectivity index (χ0) is 16.1. The van der Waals surface area contributed by atoms with Gasteiger partial charge < -0.3 is 9.33 Å². The molecule has 0 aromatic heterocycles. The number of nitrogens with zero attached hydrogens (tertiary/aromatic N) is 1. The van der Waals surface area contributed by atoms with Crippen molar-refractivity contribution in [2.45, 2.75) is 32.4 Å². The lowest BCUT2D eigenvalue weighted by Gasteiger charge is -2.26. The van der Waals surface area contributed by atoms with E-state index in [4.69, 9.17) is 4.43 Å². The Morgan fingerprint density at radius 3 is 2.24 bits per heavy atom. The van der Waals surface area contributed by atoms with E-state index in [1.807, 2.05) is 19.6 Å². The molecule has 1 rings (SSSR count). The molecule has 0 aliphatic heterocycles. The van der Waals surface area contributed by atoms with Crippen LogP contribution >= 0.6 is 0 Å². The Balaban J connectivity index is 2.73. The predicted octanol–water partition coefficient (Wildman–Crippen LogP) is 3.43. The van der Waals surface area contributed by atoms with Crippen molar-refractivity contribution in [2.24, 2.45) is 0 Å². The average Bonchev–Trinajstić information content (AvgIpc) is 2.35. The molecule has 0 radical (unpaired) electrons. The highest BCUT2D eigenvalue weighted by Gasteiger charge is 2.42. The van der Waals surface area contributed by atoms with Crippen LogP contribution in [0.4, 0.5) is 13.2 Å². The van der Waals surface area contributed by atoms with Gasteiger partial charge in [-0.05, 0) is 25.2 Å². The minimum atomic E-state index is -4.87. The SMILES string of the molecule is C[Si](C)(C)OCCN(Cc1ccccc1)C(=O)C(F)(F)F. The van der Waals surface area contributed by atoms with E-state index < -0.39 is 20.4 Å². The van der Waals surface area contributed by atoms with E-state index in [9.17, 15) is 18.0 Å². The van der Waals surface area contributed by atoms with E-state index in [0.717, 1.165) is 4.90 Å². The van der Waals surface area contributed by atoms with E-state index in [0.29, 0.717) is 5.56 Å². The van der Waals surface area contributed by atoms with Crippen molar-refractivity contribution in [3.05, 3.63) is 35.9 Å². The molecule has 0 aliphatic carbocycles. The van der Waals surface area contributed by atoms with Gasteiger partial charge in [0.05, 0.1) is 6.61 Å². The number of benzene rings is 1. The van der Waals surface area contributed by atoms with Crippen LogP contribution in [0.1, 0.15) is 5.56 Å². The van der Waals surface area contributed by atoms with Crippen molar-refractivity contribution >= 4 is 14.2 Å². The van der Waals surface area contributed by atoms with Crippen LogP contribution in [0.25, 0.3) is 0 Å². The number of halogens is 3. The maximum Gasteiger partial charge on any atom is 0.471 e. The summed E-state index contributed by atoms with van der Waals surface area (Å²) in [6.07, 6.45) is -4.87. The van der Waals surface area contributed by atoms with Gasteiger partial charge in [-0.15, -0.1) is 0 Å².